The maximum absolute atomic E-state index is 9.23. The van der Waals surface area contributed by atoms with Gasteiger partial charge in [-0.25, -0.2) is 4.98 Å². The molecule has 0 amide bonds. The van der Waals surface area contributed by atoms with Crippen LogP contribution in [0.5, 0.6) is 0 Å². The Morgan fingerprint density at radius 2 is 2.12 bits per heavy atom. The Hall–Kier alpha value is -2.65. The minimum absolute atomic E-state index is 0.646. The van der Waals surface area contributed by atoms with Gasteiger partial charge in [0.25, 0.3) is 0 Å². The first-order valence-electron chi connectivity index (χ1n) is 8.17. The van der Waals surface area contributed by atoms with Gasteiger partial charge in [0.15, 0.2) is 0 Å². The van der Waals surface area contributed by atoms with Crippen molar-refractivity contribution in [1.29, 1.82) is 5.26 Å². The van der Waals surface area contributed by atoms with Gasteiger partial charge in [-0.15, -0.1) is 6.58 Å². The van der Waals surface area contributed by atoms with E-state index < -0.39 is 0 Å². The smallest absolute Gasteiger partial charge is 0.146 e. The molecule has 0 atom stereocenters. The maximum Gasteiger partial charge on any atom is 0.146 e. The number of aryl methyl sites for hydroxylation is 1. The van der Waals surface area contributed by atoms with Crippen molar-refractivity contribution in [3.05, 3.63) is 54.0 Å². The summed E-state index contributed by atoms with van der Waals surface area (Å²) in [5.41, 5.74) is 2.99. The lowest BCUT2D eigenvalue weighted by molar-refractivity contribution is 0.249. The molecule has 1 saturated heterocycles. The quantitative estimate of drug-likeness (QED) is 0.788. The fourth-order valence-electron chi connectivity index (χ4n) is 3.04. The van der Waals surface area contributed by atoms with E-state index >= 15 is 0 Å². The molecule has 0 radical (unpaired) electrons. The molecule has 0 unspecified atom stereocenters. The zero-order chi connectivity index (χ0) is 16.9. The van der Waals surface area contributed by atoms with E-state index in [0.29, 0.717) is 5.56 Å². The Balaban J connectivity index is 1.61. The van der Waals surface area contributed by atoms with Crippen molar-refractivity contribution in [1.82, 2.24) is 19.7 Å². The SMILES string of the molecule is C=CCn1cc(CN2CCN(c3ncccc3C#N)CC2)c(C)n1. The lowest BCUT2D eigenvalue weighted by Gasteiger charge is -2.35. The summed E-state index contributed by atoms with van der Waals surface area (Å²) in [6, 6.07) is 5.86. The summed E-state index contributed by atoms with van der Waals surface area (Å²) >= 11 is 0. The molecule has 3 heterocycles. The van der Waals surface area contributed by atoms with E-state index in [1.165, 1.54) is 5.56 Å². The number of allylic oxidation sites excluding steroid dienone is 1. The largest absolute Gasteiger partial charge is 0.353 e. The van der Waals surface area contributed by atoms with Crippen LogP contribution < -0.4 is 4.90 Å². The zero-order valence-corrected chi connectivity index (χ0v) is 14.0. The third-order valence-corrected chi connectivity index (χ3v) is 4.34. The van der Waals surface area contributed by atoms with Crippen molar-refractivity contribution in [3.63, 3.8) is 0 Å². The highest BCUT2D eigenvalue weighted by Gasteiger charge is 2.21. The number of aromatic nitrogens is 3. The zero-order valence-electron chi connectivity index (χ0n) is 14.0. The van der Waals surface area contributed by atoms with Crippen LogP contribution in [0.15, 0.2) is 37.2 Å². The standard InChI is InChI=1S/C18H22N6/c1-3-7-24-14-17(15(2)21-24)13-22-8-10-23(11-9-22)18-16(12-19)5-4-6-20-18/h3-6,14H,1,7-11,13H2,2H3. The number of rotatable bonds is 5. The van der Waals surface area contributed by atoms with Gasteiger partial charge in [-0.1, -0.05) is 6.08 Å². The second kappa shape index (κ2) is 7.28. The van der Waals surface area contributed by atoms with Crippen LogP contribution in [0.3, 0.4) is 0 Å². The first-order chi connectivity index (χ1) is 11.7. The predicted molar refractivity (Wildman–Crippen MR) is 93.6 cm³/mol. The number of anilines is 1. The molecule has 6 nitrogen and oxygen atoms in total. The Kier molecular flexibility index (Phi) is 4.92. The molecular weight excluding hydrogens is 300 g/mol. The molecule has 0 bridgehead atoms. The molecule has 1 aliphatic rings. The highest BCUT2D eigenvalue weighted by atomic mass is 15.3. The molecule has 6 heteroatoms. The first kappa shape index (κ1) is 16.2. The molecule has 1 fully saturated rings. The van der Waals surface area contributed by atoms with Gasteiger partial charge in [0, 0.05) is 50.7 Å². The van der Waals surface area contributed by atoms with Gasteiger partial charge in [0.2, 0.25) is 0 Å². The topological polar surface area (TPSA) is 61.0 Å². The van der Waals surface area contributed by atoms with Crippen LogP contribution in [0.1, 0.15) is 16.8 Å². The summed E-state index contributed by atoms with van der Waals surface area (Å²) in [6.07, 6.45) is 5.71. The second-order valence-corrected chi connectivity index (χ2v) is 6.00. The molecule has 0 aliphatic carbocycles. The van der Waals surface area contributed by atoms with E-state index in [1.807, 2.05) is 22.9 Å². The molecule has 24 heavy (non-hydrogen) atoms. The van der Waals surface area contributed by atoms with E-state index in [9.17, 15) is 5.26 Å². The van der Waals surface area contributed by atoms with Crippen LogP contribution in [0.25, 0.3) is 0 Å². The Morgan fingerprint density at radius 1 is 1.33 bits per heavy atom. The minimum Gasteiger partial charge on any atom is -0.353 e. The Morgan fingerprint density at radius 3 is 2.83 bits per heavy atom. The molecule has 0 spiro atoms. The fourth-order valence-corrected chi connectivity index (χ4v) is 3.04. The predicted octanol–water partition coefficient (Wildman–Crippen LogP) is 1.97. The third kappa shape index (κ3) is 3.47. The summed E-state index contributed by atoms with van der Waals surface area (Å²) in [4.78, 5) is 9.00. The van der Waals surface area contributed by atoms with Crippen molar-refractivity contribution in [2.24, 2.45) is 0 Å². The normalized spacial score (nSPS) is 15.2. The highest BCUT2D eigenvalue weighted by molar-refractivity contribution is 5.53. The van der Waals surface area contributed by atoms with Gasteiger partial charge in [0.1, 0.15) is 11.9 Å². The fraction of sp³-hybridized carbons (Fsp3) is 0.389. The van der Waals surface area contributed by atoms with E-state index in [1.54, 1.807) is 6.20 Å². The molecule has 0 N–H and O–H groups in total. The third-order valence-electron chi connectivity index (χ3n) is 4.34. The maximum atomic E-state index is 9.23. The number of nitrogens with zero attached hydrogens (tertiary/aromatic N) is 6. The van der Waals surface area contributed by atoms with Gasteiger partial charge < -0.3 is 4.90 Å². The Bertz CT molecular complexity index is 749. The monoisotopic (exact) mass is 322 g/mol. The number of pyridine rings is 1. The summed E-state index contributed by atoms with van der Waals surface area (Å²) in [6.45, 7) is 11.1. The molecule has 2 aromatic heterocycles. The van der Waals surface area contributed by atoms with Crippen LogP contribution >= 0.6 is 0 Å². The van der Waals surface area contributed by atoms with Gasteiger partial charge >= 0.3 is 0 Å². The highest BCUT2D eigenvalue weighted by Crippen LogP contribution is 2.19. The van der Waals surface area contributed by atoms with Crippen LogP contribution in [-0.2, 0) is 13.1 Å². The molecular formula is C18H22N6. The van der Waals surface area contributed by atoms with Crippen LogP contribution in [-0.4, -0.2) is 45.8 Å². The van der Waals surface area contributed by atoms with Crippen molar-refractivity contribution < 1.29 is 0 Å². The van der Waals surface area contributed by atoms with Crippen LogP contribution in [0, 0.1) is 18.3 Å². The van der Waals surface area contributed by atoms with Gasteiger partial charge in [0.05, 0.1) is 17.8 Å². The molecule has 2 aromatic rings. The average Bonchev–Trinajstić information content (AvgIpc) is 2.95. The lowest BCUT2D eigenvalue weighted by Crippen LogP contribution is -2.46. The van der Waals surface area contributed by atoms with Crippen molar-refractivity contribution in [2.45, 2.75) is 20.0 Å². The van der Waals surface area contributed by atoms with E-state index in [4.69, 9.17) is 0 Å². The number of hydrogen-bond acceptors (Lipinski definition) is 5. The summed E-state index contributed by atoms with van der Waals surface area (Å²) in [7, 11) is 0. The minimum atomic E-state index is 0.646. The molecule has 124 valence electrons. The van der Waals surface area contributed by atoms with Gasteiger partial charge in [-0.05, 0) is 19.1 Å². The summed E-state index contributed by atoms with van der Waals surface area (Å²) in [5.74, 6) is 0.801. The van der Waals surface area contributed by atoms with E-state index in [0.717, 1.165) is 50.8 Å². The summed E-state index contributed by atoms with van der Waals surface area (Å²) < 4.78 is 1.93. The molecule has 3 rings (SSSR count). The van der Waals surface area contributed by atoms with Gasteiger partial charge in [-0.3, -0.25) is 9.58 Å². The molecule has 1 aliphatic heterocycles. The number of hydrogen-bond donors (Lipinski definition) is 0. The van der Waals surface area contributed by atoms with Crippen molar-refractivity contribution >= 4 is 5.82 Å². The lowest BCUT2D eigenvalue weighted by atomic mass is 10.2. The molecule has 0 aromatic carbocycles. The van der Waals surface area contributed by atoms with Crippen molar-refractivity contribution in [3.8, 4) is 6.07 Å². The average molecular weight is 322 g/mol. The summed E-state index contributed by atoms with van der Waals surface area (Å²) in [5, 5.41) is 13.7. The van der Waals surface area contributed by atoms with E-state index in [2.05, 4.69) is 45.7 Å². The molecule has 0 saturated carbocycles. The first-order valence-corrected chi connectivity index (χ1v) is 8.17. The van der Waals surface area contributed by atoms with Gasteiger partial charge in [-0.2, -0.15) is 10.4 Å². The van der Waals surface area contributed by atoms with Crippen LogP contribution in [0.2, 0.25) is 0 Å². The number of nitriles is 1. The van der Waals surface area contributed by atoms with Crippen molar-refractivity contribution in [2.75, 3.05) is 31.1 Å². The van der Waals surface area contributed by atoms with E-state index in [-0.39, 0.29) is 0 Å². The van der Waals surface area contributed by atoms with Crippen LogP contribution in [0.4, 0.5) is 5.82 Å². The second-order valence-electron chi connectivity index (χ2n) is 6.00. The number of piperazine rings is 1. The Labute approximate surface area is 142 Å².